The van der Waals surface area contributed by atoms with Crippen molar-refractivity contribution in [2.75, 3.05) is 0 Å². The van der Waals surface area contributed by atoms with Crippen molar-refractivity contribution >= 4 is 21.5 Å². The van der Waals surface area contributed by atoms with E-state index in [1.165, 1.54) is 88.7 Å². The highest BCUT2D eigenvalue weighted by molar-refractivity contribution is 6.11. The molecule has 0 N–H and O–H groups in total. The van der Waals surface area contributed by atoms with E-state index in [0.717, 1.165) is 78.3 Å². The Hall–Kier alpha value is -11.1. The second kappa shape index (κ2) is 20.8. The lowest BCUT2D eigenvalue weighted by Crippen LogP contribution is -2.14. The fraction of sp³-hybridized carbons (Fsp3) is 0.0682. The molecule has 0 fully saturated rings. The predicted molar refractivity (Wildman–Crippen MR) is 379 cm³/mol. The van der Waals surface area contributed by atoms with E-state index in [2.05, 4.69) is 352 Å². The molecule has 0 unspecified atom stereocenters. The van der Waals surface area contributed by atoms with E-state index in [0.29, 0.717) is 0 Å². The van der Waals surface area contributed by atoms with Gasteiger partial charge in [-0.05, 0) is 206 Å². The van der Waals surface area contributed by atoms with Crippen molar-refractivity contribution in [3.05, 3.63) is 338 Å². The van der Waals surface area contributed by atoms with Gasteiger partial charge in [0.1, 0.15) is 0 Å². The molecule has 90 heavy (non-hydrogen) atoms. The van der Waals surface area contributed by atoms with Gasteiger partial charge in [0.2, 0.25) is 0 Å². The Morgan fingerprint density at radius 1 is 0.200 bits per heavy atom. The van der Waals surface area contributed by atoms with Gasteiger partial charge < -0.3 is 9.13 Å². The predicted octanol–water partition coefficient (Wildman–Crippen LogP) is 23.5. The van der Waals surface area contributed by atoms with Crippen molar-refractivity contribution in [1.82, 2.24) is 9.13 Å². The van der Waals surface area contributed by atoms with E-state index in [9.17, 15) is 0 Å². The highest BCUT2D eigenvalue weighted by Crippen LogP contribution is 2.52. The summed E-state index contributed by atoms with van der Waals surface area (Å²) in [5, 5.41) is 4.69. The summed E-state index contributed by atoms with van der Waals surface area (Å²) in [5.41, 5.74) is 31.6. The second-order valence-electron chi connectivity index (χ2n) is 25.6. The zero-order valence-corrected chi connectivity index (χ0v) is 50.9. The van der Waals surface area contributed by atoms with Crippen LogP contribution in [-0.4, -0.2) is 9.13 Å². The summed E-state index contributed by atoms with van der Waals surface area (Å²) >= 11 is 0. The van der Waals surface area contributed by atoms with E-state index >= 15 is 0 Å². The molecule has 0 saturated heterocycles. The van der Waals surface area contributed by atoms with Crippen LogP contribution < -0.4 is 0 Å². The summed E-state index contributed by atoms with van der Waals surface area (Å²) < 4.78 is 4.94. The SMILES string of the molecule is CC1(C)c2ccccc2-c2ccc(-c3ccc(-c4cc(-n5c(-c6ccccc6)ccc5-c5ccccc5)cc5cc6c(-c7ccc(-c8ccc9c(c8)C(C)(C)c8ccccc8-9)cc7)cc(-n7c(-c8ccccc8)ccc7-c7ccccc7)cc6cc45)cc3)cc21. The van der Waals surface area contributed by atoms with Crippen molar-refractivity contribution < 1.29 is 0 Å². The molecule has 0 amide bonds. The Morgan fingerprint density at radius 2 is 0.489 bits per heavy atom. The fourth-order valence-corrected chi connectivity index (χ4v) is 15.1. The lowest BCUT2D eigenvalue weighted by molar-refractivity contribution is 0.660. The van der Waals surface area contributed by atoms with Crippen molar-refractivity contribution in [2.24, 2.45) is 0 Å². The molecule has 0 spiro atoms. The number of rotatable bonds is 10. The molecule has 2 nitrogen and oxygen atoms in total. The highest BCUT2D eigenvalue weighted by atomic mass is 15.0. The highest BCUT2D eigenvalue weighted by Gasteiger charge is 2.37. The number of benzene rings is 13. The number of fused-ring (bicyclic) bond motifs is 8. The Kier molecular flexibility index (Phi) is 12.3. The molecule has 0 saturated carbocycles. The molecule has 2 heterocycles. The number of nitrogens with zero attached hydrogens (tertiary/aromatic N) is 2. The van der Waals surface area contributed by atoms with Crippen LogP contribution in [0.5, 0.6) is 0 Å². The Labute approximate surface area is 526 Å². The van der Waals surface area contributed by atoms with Crippen LogP contribution in [0.2, 0.25) is 0 Å². The van der Waals surface area contributed by atoms with E-state index in [-0.39, 0.29) is 10.8 Å². The topological polar surface area (TPSA) is 9.86 Å². The molecular formula is C88H64N2. The standard InChI is InChI=1S/C88H64N2/c1-87(2)79-31-19-17-29-71(79)73-43-41-65(53-81(73)87)57-33-37-59(38-34-57)77-55-69(89-83(61-21-9-5-10-22-61)45-46-84(89)62-23-11-6-12-24-62)49-67-52-76-68(51-75(67)77)50-70(90-85(63-25-13-7-14-26-63)47-48-86(90)64-27-15-8-16-28-64)56-78(76)60-39-35-58(36-40-60)66-42-44-74-72-30-18-20-32-80(72)88(3,4)82(74)54-66/h5-56H,1-4H3. The van der Waals surface area contributed by atoms with Crippen LogP contribution in [-0.2, 0) is 10.8 Å². The summed E-state index contributed by atoms with van der Waals surface area (Å²) in [7, 11) is 0. The molecule has 426 valence electrons. The molecule has 2 heteroatoms. The Morgan fingerprint density at radius 3 is 0.833 bits per heavy atom. The molecular weight excluding hydrogens is 1080 g/mol. The molecule has 0 aliphatic heterocycles. The van der Waals surface area contributed by atoms with Crippen molar-refractivity contribution in [2.45, 2.75) is 38.5 Å². The van der Waals surface area contributed by atoms with Crippen molar-refractivity contribution in [3.63, 3.8) is 0 Å². The monoisotopic (exact) mass is 1150 g/mol. The first-order valence-corrected chi connectivity index (χ1v) is 31.5. The average molecular weight is 1150 g/mol. The zero-order valence-electron chi connectivity index (χ0n) is 50.9. The summed E-state index contributed by atoms with van der Waals surface area (Å²) in [6.45, 7) is 9.46. The maximum Gasteiger partial charge on any atom is 0.0535 e. The van der Waals surface area contributed by atoms with E-state index in [1.54, 1.807) is 0 Å². The van der Waals surface area contributed by atoms with Gasteiger partial charge in [0.05, 0.1) is 22.8 Å². The van der Waals surface area contributed by atoms with Gasteiger partial charge in [-0.3, -0.25) is 0 Å². The molecule has 2 aliphatic carbocycles. The van der Waals surface area contributed by atoms with Crippen LogP contribution in [0.4, 0.5) is 0 Å². The minimum atomic E-state index is -0.0927. The van der Waals surface area contributed by atoms with Crippen LogP contribution in [0, 0.1) is 0 Å². The summed E-state index contributed by atoms with van der Waals surface area (Å²) in [4.78, 5) is 0. The molecule has 13 aromatic carbocycles. The molecule has 0 atom stereocenters. The minimum absolute atomic E-state index is 0.0927. The van der Waals surface area contributed by atoms with Gasteiger partial charge in [0, 0.05) is 22.2 Å². The van der Waals surface area contributed by atoms with Gasteiger partial charge in [0.15, 0.2) is 0 Å². The van der Waals surface area contributed by atoms with Crippen LogP contribution in [0.25, 0.3) is 145 Å². The Balaban J connectivity index is 0.890. The van der Waals surface area contributed by atoms with Gasteiger partial charge in [-0.25, -0.2) is 0 Å². The lowest BCUT2D eigenvalue weighted by Gasteiger charge is -2.22. The first-order valence-electron chi connectivity index (χ1n) is 31.5. The number of hydrogen-bond acceptors (Lipinski definition) is 0. The average Bonchev–Trinajstić information content (AvgIpc) is 1.49. The fourth-order valence-electron chi connectivity index (χ4n) is 15.1. The quantitative estimate of drug-likeness (QED) is 0.121. The molecule has 2 aliphatic rings. The van der Waals surface area contributed by atoms with E-state index < -0.39 is 0 Å². The van der Waals surface area contributed by atoms with E-state index in [4.69, 9.17) is 0 Å². The van der Waals surface area contributed by atoms with Gasteiger partial charge in [-0.1, -0.05) is 270 Å². The molecule has 0 bridgehead atoms. The van der Waals surface area contributed by atoms with E-state index in [1.807, 2.05) is 0 Å². The lowest BCUT2D eigenvalue weighted by atomic mass is 9.81. The van der Waals surface area contributed by atoms with Gasteiger partial charge >= 0.3 is 0 Å². The summed E-state index contributed by atoms with van der Waals surface area (Å²) in [6.07, 6.45) is 0. The van der Waals surface area contributed by atoms with Crippen molar-refractivity contribution in [3.8, 4) is 123 Å². The number of hydrogen-bond donors (Lipinski definition) is 0. The van der Waals surface area contributed by atoms with Crippen LogP contribution in [0.15, 0.2) is 315 Å². The molecule has 0 radical (unpaired) electrons. The van der Waals surface area contributed by atoms with Crippen LogP contribution >= 0.6 is 0 Å². The van der Waals surface area contributed by atoms with Crippen LogP contribution in [0.3, 0.4) is 0 Å². The maximum absolute atomic E-state index is 2.48. The van der Waals surface area contributed by atoms with Gasteiger partial charge in [-0.2, -0.15) is 0 Å². The maximum atomic E-state index is 2.48. The third kappa shape index (κ3) is 8.62. The normalized spacial score (nSPS) is 13.3. The summed E-state index contributed by atoms with van der Waals surface area (Å²) in [6, 6.07) is 118. The third-order valence-electron chi connectivity index (χ3n) is 19.8. The first kappa shape index (κ1) is 53.2. The van der Waals surface area contributed by atoms with Gasteiger partial charge in [-0.15, -0.1) is 0 Å². The third-order valence-corrected chi connectivity index (χ3v) is 19.8. The minimum Gasteiger partial charge on any atom is -0.309 e. The molecule has 2 aromatic heterocycles. The Bertz CT molecular complexity index is 4840. The number of aromatic nitrogens is 2. The first-order chi connectivity index (χ1) is 44.1. The second-order valence-corrected chi connectivity index (χ2v) is 25.6. The smallest absolute Gasteiger partial charge is 0.0535 e. The largest absolute Gasteiger partial charge is 0.309 e. The molecule has 17 rings (SSSR count). The zero-order chi connectivity index (χ0) is 60.2. The van der Waals surface area contributed by atoms with Crippen molar-refractivity contribution in [1.29, 1.82) is 0 Å². The van der Waals surface area contributed by atoms with Gasteiger partial charge in [0.25, 0.3) is 0 Å². The van der Waals surface area contributed by atoms with Crippen LogP contribution in [0.1, 0.15) is 49.9 Å². The summed E-state index contributed by atoms with van der Waals surface area (Å²) in [5.74, 6) is 0. The molecule has 15 aromatic rings.